The summed E-state index contributed by atoms with van der Waals surface area (Å²) in [5.41, 5.74) is 0.156. The van der Waals surface area contributed by atoms with E-state index in [1.54, 1.807) is 6.92 Å². The molecule has 0 aromatic carbocycles. The van der Waals surface area contributed by atoms with E-state index in [1.807, 2.05) is 13.8 Å². The molecular formula is C11H15NO3S. The van der Waals surface area contributed by atoms with Gasteiger partial charge in [0.05, 0.1) is 11.6 Å². The van der Waals surface area contributed by atoms with Gasteiger partial charge < -0.3 is 4.74 Å². The molecule has 5 heteroatoms. The molecule has 0 fully saturated rings. The first-order valence-corrected chi connectivity index (χ1v) is 5.97. The molecular weight excluding hydrogens is 226 g/mol. The van der Waals surface area contributed by atoms with Crippen molar-refractivity contribution in [2.45, 2.75) is 33.6 Å². The van der Waals surface area contributed by atoms with Crippen LogP contribution in [0.2, 0.25) is 0 Å². The van der Waals surface area contributed by atoms with Crippen molar-refractivity contribution in [3.8, 4) is 0 Å². The molecule has 88 valence electrons. The quantitative estimate of drug-likeness (QED) is 0.600. The number of Topliss-reactive ketones (excluding diaryl/α,β-unsaturated/α-hetero) is 1. The van der Waals surface area contributed by atoms with Crippen molar-refractivity contribution >= 4 is 23.1 Å². The topological polar surface area (TPSA) is 56.3 Å². The molecule has 0 aliphatic rings. The number of ether oxygens (including phenoxy) is 1. The van der Waals surface area contributed by atoms with E-state index < -0.39 is 5.97 Å². The van der Waals surface area contributed by atoms with Crippen LogP contribution in [0.25, 0.3) is 0 Å². The predicted molar refractivity (Wildman–Crippen MR) is 62.2 cm³/mol. The summed E-state index contributed by atoms with van der Waals surface area (Å²) in [6.45, 7) is 7.38. The molecule has 0 saturated carbocycles. The molecule has 0 aliphatic carbocycles. The van der Waals surface area contributed by atoms with Gasteiger partial charge in [0.2, 0.25) is 0 Å². The fraction of sp³-hybridized carbons (Fsp3) is 0.545. The number of thiazole rings is 1. The maximum Gasteiger partial charge on any atom is 0.358 e. The van der Waals surface area contributed by atoms with Crippen LogP contribution in [-0.4, -0.2) is 23.3 Å². The molecule has 0 aliphatic heterocycles. The number of nitrogens with zero attached hydrogens (tertiary/aromatic N) is 1. The fourth-order valence-corrected chi connectivity index (χ4v) is 2.11. The van der Waals surface area contributed by atoms with Gasteiger partial charge in [0.1, 0.15) is 4.88 Å². The zero-order valence-electron chi connectivity index (χ0n) is 9.86. The van der Waals surface area contributed by atoms with E-state index in [2.05, 4.69) is 4.98 Å². The van der Waals surface area contributed by atoms with Gasteiger partial charge in [-0.1, -0.05) is 13.8 Å². The van der Waals surface area contributed by atoms with Gasteiger partial charge >= 0.3 is 5.97 Å². The van der Waals surface area contributed by atoms with Gasteiger partial charge in [-0.15, -0.1) is 11.3 Å². The van der Waals surface area contributed by atoms with E-state index in [1.165, 1.54) is 18.3 Å². The maximum absolute atomic E-state index is 11.6. The number of hydrogen-bond acceptors (Lipinski definition) is 5. The Balaban J connectivity index is 3.15. The summed E-state index contributed by atoms with van der Waals surface area (Å²) in [6, 6.07) is 0. The normalized spacial score (nSPS) is 10.6. The van der Waals surface area contributed by atoms with Crippen LogP contribution in [0, 0.1) is 0 Å². The number of rotatable bonds is 4. The molecule has 0 atom stereocenters. The third kappa shape index (κ3) is 2.66. The van der Waals surface area contributed by atoms with Crippen molar-refractivity contribution in [2.75, 3.05) is 6.61 Å². The second kappa shape index (κ2) is 5.21. The lowest BCUT2D eigenvalue weighted by molar-refractivity contribution is 0.0517. The van der Waals surface area contributed by atoms with Crippen LogP contribution in [0.4, 0.5) is 0 Å². The van der Waals surface area contributed by atoms with E-state index in [-0.39, 0.29) is 24.0 Å². The SMILES string of the molecule is CCOC(=O)c1nc(C(C)C)sc1C(C)=O. The van der Waals surface area contributed by atoms with E-state index >= 15 is 0 Å². The largest absolute Gasteiger partial charge is 0.461 e. The molecule has 0 N–H and O–H groups in total. The smallest absolute Gasteiger partial charge is 0.358 e. The highest BCUT2D eigenvalue weighted by Gasteiger charge is 2.22. The molecule has 1 heterocycles. The number of hydrogen-bond donors (Lipinski definition) is 0. The zero-order chi connectivity index (χ0) is 12.3. The highest BCUT2D eigenvalue weighted by molar-refractivity contribution is 7.14. The predicted octanol–water partition coefficient (Wildman–Crippen LogP) is 2.65. The van der Waals surface area contributed by atoms with Crippen molar-refractivity contribution in [3.05, 3.63) is 15.6 Å². The molecule has 0 bridgehead atoms. The highest BCUT2D eigenvalue weighted by atomic mass is 32.1. The summed E-state index contributed by atoms with van der Waals surface area (Å²) in [7, 11) is 0. The van der Waals surface area contributed by atoms with E-state index in [0.717, 1.165) is 5.01 Å². The number of ketones is 1. The minimum atomic E-state index is -0.518. The van der Waals surface area contributed by atoms with Crippen LogP contribution in [0.3, 0.4) is 0 Å². The average molecular weight is 241 g/mol. The molecule has 4 nitrogen and oxygen atoms in total. The third-order valence-electron chi connectivity index (χ3n) is 1.93. The van der Waals surface area contributed by atoms with Crippen LogP contribution >= 0.6 is 11.3 Å². The van der Waals surface area contributed by atoms with Crippen LogP contribution in [-0.2, 0) is 4.74 Å². The summed E-state index contributed by atoms with van der Waals surface area (Å²) in [5, 5.41) is 0.785. The molecule has 16 heavy (non-hydrogen) atoms. The Morgan fingerprint density at radius 1 is 1.44 bits per heavy atom. The second-order valence-corrected chi connectivity index (χ2v) is 4.69. The van der Waals surface area contributed by atoms with Gasteiger partial charge in [0.15, 0.2) is 11.5 Å². The Kier molecular flexibility index (Phi) is 4.18. The molecule has 0 radical (unpaired) electrons. The van der Waals surface area contributed by atoms with E-state index in [4.69, 9.17) is 4.74 Å². The van der Waals surface area contributed by atoms with Crippen molar-refractivity contribution in [1.29, 1.82) is 0 Å². The Bertz CT molecular complexity index is 409. The number of esters is 1. The Labute approximate surface area is 98.6 Å². The Morgan fingerprint density at radius 2 is 2.06 bits per heavy atom. The molecule has 0 unspecified atom stereocenters. The first-order valence-electron chi connectivity index (χ1n) is 5.16. The minimum Gasteiger partial charge on any atom is -0.461 e. The number of carbonyl (C=O) groups is 2. The van der Waals surface area contributed by atoms with Crippen LogP contribution in [0.15, 0.2) is 0 Å². The Morgan fingerprint density at radius 3 is 2.50 bits per heavy atom. The molecule has 0 saturated heterocycles. The standard InChI is InChI=1S/C11H15NO3S/c1-5-15-11(14)8-9(7(4)13)16-10(12-8)6(2)3/h6H,5H2,1-4H3. The second-order valence-electron chi connectivity index (χ2n) is 3.66. The average Bonchev–Trinajstić information content (AvgIpc) is 2.62. The van der Waals surface area contributed by atoms with Gasteiger partial charge in [0, 0.05) is 12.8 Å². The van der Waals surface area contributed by atoms with E-state index in [9.17, 15) is 9.59 Å². The zero-order valence-corrected chi connectivity index (χ0v) is 10.7. The highest BCUT2D eigenvalue weighted by Crippen LogP contribution is 2.25. The lowest BCUT2D eigenvalue weighted by Crippen LogP contribution is -2.09. The number of aromatic nitrogens is 1. The van der Waals surface area contributed by atoms with Crippen LogP contribution < -0.4 is 0 Å². The van der Waals surface area contributed by atoms with Crippen LogP contribution in [0.1, 0.15) is 58.8 Å². The van der Waals surface area contributed by atoms with Gasteiger partial charge in [-0.25, -0.2) is 9.78 Å². The van der Waals surface area contributed by atoms with Crippen LogP contribution in [0.5, 0.6) is 0 Å². The van der Waals surface area contributed by atoms with Gasteiger partial charge in [-0.05, 0) is 6.92 Å². The first-order chi connectivity index (χ1) is 7.47. The summed E-state index contributed by atoms with van der Waals surface area (Å²) in [6.07, 6.45) is 0. The minimum absolute atomic E-state index is 0.146. The fourth-order valence-electron chi connectivity index (χ4n) is 1.16. The van der Waals surface area contributed by atoms with Gasteiger partial charge in [0.25, 0.3) is 0 Å². The lowest BCUT2D eigenvalue weighted by atomic mass is 10.2. The van der Waals surface area contributed by atoms with Crippen molar-refractivity contribution in [1.82, 2.24) is 4.98 Å². The monoisotopic (exact) mass is 241 g/mol. The third-order valence-corrected chi connectivity index (χ3v) is 3.38. The first kappa shape index (κ1) is 12.8. The molecule has 1 aromatic heterocycles. The molecule has 1 aromatic rings. The summed E-state index contributed by atoms with van der Waals surface area (Å²) in [4.78, 5) is 27.5. The molecule has 0 spiro atoms. The molecule has 1 rings (SSSR count). The van der Waals surface area contributed by atoms with Gasteiger partial charge in [-0.3, -0.25) is 4.79 Å². The maximum atomic E-state index is 11.6. The summed E-state index contributed by atoms with van der Waals surface area (Å²) in [5.74, 6) is -0.463. The van der Waals surface area contributed by atoms with Crippen molar-refractivity contribution < 1.29 is 14.3 Å². The lowest BCUT2D eigenvalue weighted by Gasteiger charge is -1.99. The summed E-state index contributed by atoms with van der Waals surface area (Å²) < 4.78 is 4.86. The number of carbonyl (C=O) groups excluding carboxylic acids is 2. The summed E-state index contributed by atoms with van der Waals surface area (Å²) >= 11 is 1.27. The van der Waals surface area contributed by atoms with Crippen molar-refractivity contribution in [2.24, 2.45) is 0 Å². The Hall–Kier alpha value is -1.23. The van der Waals surface area contributed by atoms with Crippen molar-refractivity contribution in [3.63, 3.8) is 0 Å². The van der Waals surface area contributed by atoms with E-state index in [0.29, 0.717) is 4.88 Å². The van der Waals surface area contributed by atoms with Gasteiger partial charge in [-0.2, -0.15) is 0 Å². The molecule has 0 amide bonds.